The Labute approximate surface area is 182 Å². The fourth-order valence-electron chi connectivity index (χ4n) is 3.24. The van der Waals surface area contributed by atoms with Crippen molar-refractivity contribution in [2.24, 2.45) is 7.05 Å². The number of ether oxygens (including phenoxy) is 1. The van der Waals surface area contributed by atoms with Gasteiger partial charge in [0.25, 0.3) is 5.89 Å². The van der Waals surface area contributed by atoms with E-state index >= 15 is 0 Å². The van der Waals surface area contributed by atoms with Crippen LogP contribution < -0.4 is 4.74 Å². The van der Waals surface area contributed by atoms with E-state index in [2.05, 4.69) is 35.7 Å². The lowest BCUT2D eigenvalue weighted by Gasteiger charge is -2.07. The van der Waals surface area contributed by atoms with Gasteiger partial charge in [-0.25, -0.2) is 9.67 Å². The summed E-state index contributed by atoms with van der Waals surface area (Å²) in [5.74, 6) is 1.40. The second kappa shape index (κ2) is 8.38. The summed E-state index contributed by atoms with van der Waals surface area (Å²) in [6.07, 6.45) is 4.97. The number of benzene rings is 1. The smallest absolute Gasteiger partial charge is 0.261 e. The van der Waals surface area contributed by atoms with Crippen molar-refractivity contribution in [3.8, 4) is 28.7 Å². The fraction of sp³-hybridized carbons (Fsp3) is 0.190. The number of hydrogen-bond donors (Lipinski definition) is 0. The van der Waals surface area contributed by atoms with Gasteiger partial charge in [-0.3, -0.25) is 4.68 Å². The first-order valence-electron chi connectivity index (χ1n) is 9.86. The third-order valence-corrected chi connectivity index (χ3v) is 4.89. The number of aromatic nitrogens is 9. The van der Waals surface area contributed by atoms with Gasteiger partial charge in [-0.05, 0) is 40.6 Å². The van der Waals surface area contributed by atoms with E-state index in [1.807, 2.05) is 50.4 Å². The number of nitrogens with zero attached hydrogens (tertiary/aromatic N) is 9. The zero-order valence-electron chi connectivity index (χ0n) is 17.5. The second-order valence-electron chi connectivity index (χ2n) is 7.22. The molecule has 0 spiro atoms. The topological polar surface area (TPSA) is 122 Å². The van der Waals surface area contributed by atoms with Crippen molar-refractivity contribution < 1.29 is 9.26 Å². The highest BCUT2D eigenvalue weighted by Gasteiger charge is 2.19. The molecule has 11 nitrogen and oxygen atoms in total. The molecule has 0 N–H and O–H groups in total. The van der Waals surface area contributed by atoms with Gasteiger partial charge in [0.2, 0.25) is 11.7 Å². The van der Waals surface area contributed by atoms with Crippen LogP contribution in [0.4, 0.5) is 0 Å². The summed E-state index contributed by atoms with van der Waals surface area (Å²) in [5, 5.41) is 19.7. The van der Waals surface area contributed by atoms with Crippen LogP contribution in [0.15, 0.2) is 59.6 Å². The summed E-state index contributed by atoms with van der Waals surface area (Å²) < 4.78 is 14.8. The van der Waals surface area contributed by atoms with Gasteiger partial charge in [0.1, 0.15) is 12.9 Å². The summed E-state index contributed by atoms with van der Waals surface area (Å²) in [6.45, 7) is 2.80. The molecule has 0 bridgehead atoms. The van der Waals surface area contributed by atoms with Crippen molar-refractivity contribution in [1.82, 2.24) is 45.1 Å². The Morgan fingerprint density at radius 2 is 2.09 bits per heavy atom. The minimum atomic E-state index is 0.265. The van der Waals surface area contributed by atoms with Gasteiger partial charge in [0.15, 0.2) is 0 Å². The minimum Gasteiger partial charge on any atom is -0.471 e. The standard InChI is InChI=1S/C21H19N9O2/c1-14-6-7-22-19(8-14)31-12-18-17(10-24-29(18)2)21-25-20(26-32-21)16-5-3-4-15(9-16)11-30-13-23-27-28-30/h3-10,13H,11-12H2,1-2H3. The third kappa shape index (κ3) is 4.08. The van der Waals surface area contributed by atoms with Gasteiger partial charge in [-0.2, -0.15) is 10.1 Å². The normalized spacial score (nSPS) is 11.1. The van der Waals surface area contributed by atoms with E-state index in [1.165, 1.54) is 0 Å². The van der Waals surface area contributed by atoms with Crippen LogP contribution in [0.3, 0.4) is 0 Å². The van der Waals surface area contributed by atoms with Crippen LogP contribution in [-0.2, 0) is 20.2 Å². The van der Waals surface area contributed by atoms with Crippen molar-refractivity contribution in [2.45, 2.75) is 20.1 Å². The minimum absolute atomic E-state index is 0.265. The van der Waals surface area contributed by atoms with Crippen molar-refractivity contribution in [3.63, 3.8) is 0 Å². The molecule has 4 aromatic heterocycles. The molecule has 5 rings (SSSR count). The van der Waals surface area contributed by atoms with E-state index in [1.54, 1.807) is 28.1 Å². The Morgan fingerprint density at radius 1 is 1.16 bits per heavy atom. The predicted octanol–water partition coefficient (Wildman–Crippen LogP) is 2.45. The van der Waals surface area contributed by atoms with Crippen LogP contribution in [0.25, 0.3) is 22.8 Å². The van der Waals surface area contributed by atoms with E-state index in [4.69, 9.17) is 9.26 Å². The maximum Gasteiger partial charge on any atom is 0.261 e. The summed E-state index contributed by atoms with van der Waals surface area (Å²) in [7, 11) is 1.84. The van der Waals surface area contributed by atoms with Gasteiger partial charge in [0, 0.05) is 24.9 Å². The number of rotatable bonds is 7. The zero-order valence-corrected chi connectivity index (χ0v) is 17.5. The monoisotopic (exact) mass is 429 g/mol. The lowest BCUT2D eigenvalue weighted by molar-refractivity contribution is 0.283. The molecule has 0 atom stereocenters. The average molecular weight is 429 g/mol. The van der Waals surface area contributed by atoms with Gasteiger partial charge in [-0.1, -0.05) is 23.4 Å². The van der Waals surface area contributed by atoms with Crippen LogP contribution in [0.2, 0.25) is 0 Å². The summed E-state index contributed by atoms with van der Waals surface area (Å²) in [4.78, 5) is 8.81. The zero-order chi connectivity index (χ0) is 21.9. The molecule has 0 aliphatic heterocycles. The molecule has 0 radical (unpaired) electrons. The number of hydrogen-bond acceptors (Lipinski definition) is 9. The Hall–Kier alpha value is -4.41. The maximum absolute atomic E-state index is 5.85. The first-order valence-corrected chi connectivity index (χ1v) is 9.86. The van der Waals surface area contributed by atoms with Crippen LogP contribution in [-0.4, -0.2) is 45.1 Å². The van der Waals surface area contributed by atoms with E-state index in [0.29, 0.717) is 29.7 Å². The molecular formula is C21H19N9O2. The molecular weight excluding hydrogens is 410 g/mol. The molecule has 0 amide bonds. The fourth-order valence-corrected chi connectivity index (χ4v) is 3.24. The molecule has 0 saturated carbocycles. The first-order chi connectivity index (χ1) is 15.7. The van der Waals surface area contributed by atoms with Crippen LogP contribution in [0.1, 0.15) is 16.8 Å². The Bertz CT molecular complexity index is 1340. The summed E-state index contributed by atoms with van der Waals surface area (Å²) in [5.41, 5.74) is 4.43. The molecule has 1 aromatic carbocycles. The van der Waals surface area contributed by atoms with Crippen LogP contribution in [0.5, 0.6) is 5.88 Å². The highest BCUT2D eigenvalue weighted by atomic mass is 16.5. The molecule has 5 aromatic rings. The predicted molar refractivity (Wildman–Crippen MR) is 112 cm³/mol. The highest BCUT2D eigenvalue weighted by molar-refractivity contribution is 5.61. The van der Waals surface area contributed by atoms with Crippen molar-refractivity contribution in [2.75, 3.05) is 0 Å². The molecule has 160 valence electrons. The lowest BCUT2D eigenvalue weighted by Crippen LogP contribution is -2.05. The van der Waals surface area contributed by atoms with Crippen molar-refractivity contribution in [3.05, 3.63) is 71.9 Å². The Morgan fingerprint density at radius 3 is 2.94 bits per heavy atom. The lowest BCUT2D eigenvalue weighted by atomic mass is 10.1. The third-order valence-electron chi connectivity index (χ3n) is 4.89. The molecule has 4 heterocycles. The maximum atomic E-state index is 5.85. The SMILES string of the molecule is Cc1ccnc(OCc2c(-c3nc(-c4cccc(Cn5cnnn5)c4)no3)cnn2C)c1. The van der Waals surface area contributed by atoms with E-state index in [0.717, 1.165) is 22.4 Å². The van der Waals surface area contributed by atoms with Gasteiger partial charge in [-0.15, -0.1) is 5.10 Å². The highest BCUT2D eigenvalue weighted by Crippen LogP contribution is 2.26. The number of aryl methyl sites for hydroxylation is 2. The van der Waals surface area contributed by atoms with E-state index in [9.17, 15) is 0 Å². The molecule has 32 heavy (non-hydrogen) atoms. The van der Waals surface area contributed by atoms with Crippen molar-refractivity contribution >= 4 is 0 Å². The van der Waals surface area contributed by atoms with Crippen LogP contribution >= 0.6 is 0 Å². The number of pyridine rings is 1. The van der Waals surface area contributed by atoms with E-state index < -0.39 is 0 Å². The van der Waals surface area contributed by atoms with Gasteiger partial charge < -0.3 is 9.26 Å². The average Bonchev–Trinajstić information content (AvgIpc) is 3.54. The Balaban J connectivity index is 1.37. The summed E-state index contributed by atoms with van der Waals surface area (Å²) in [6, 6.07) is 11.6. The molecule has 0 fully saturated rings. The quantitative estimate of drug-likeness (QED) is 0.384. The number of tetrazole rings is 1. The second-order valence-corrected chi connectivity index (χ2v) is 7.22. The van der Waals surface area contributed by atoms with Gasteiger partial charge in [0.05, 0.1) is 24.0 Å². The molecule has 0 unspecified atom stereocenters. The van der Waals surface area contributed by atoms with Gasteiger partial charge >= 0.3 is 0 Å². The molecule has 0 aliphatic carbocycles. The van der Waals surface area contributed by atoms with E-state index in [-0.39, 0.29) is 6.61 Å². The molecule has 0 aliphatic rings. The summed E-state index contributed by atoms with van der Waals surface area (Å²) >= 11 is 0. The largest absolute Gasteiger partial charge is 0.471 e. The molecule has 0 saturated heterocycles. The Kier molecular flexibility index (Phi) is 5.12. The molecule has 11 heteroatoms. The first kappa shape index (κ1) is 19.5. The van der Waals surface area contributed by atoms with Crippen LogP contribution in [0, 0.1) is 6.92 Å². The van der Waals surface area contributed by atoms with Crippen molar-refractivity contribution in [1.29, 1.82) is 0 Å².